The maximum absolute atomic E-state index is 6.06. The van der Waals surface area contributed by atoms with Gasteiger partial charge in [0.05, 0.1) is 21.1 Å². The molecule has 0 bridgehead atoms. The van der Waals surface area contributed by atoms with E-state index in [1.54, 1.807) is 0 Å². The van der Waals surface area contributed by atoms with E-state index in [2.05, 4.69) is 16.5 Å². The minimum absolute atomic E-state index is 0.567. The van der Waals surface area contributed by atoms with Crippen molar-refractivity contribution in [2.75, 3.05) is 0 Å². The first kappa shape index (κ1) is 12.7. The lowest BCUT2D eigenvalue weighted by Crippen LogP contribution is -2.00. The zero-order valence-electron chi connectivity index (χ0n) is 10.1. The smallest absolute Gasteiger partial charge is 0.106 e. The molecule has 0 aliphatic carbocycles. The first-order valence-corrected chi connectivity index (χ1v) is 6.71. The summed E-state index contributed by atoms with van der Waals surface area (Å²) in [4.78, 5) is 4.51. The standard InChI is InChI=1S/C13H16Cl2N2/c1-3-4-5-6-17-9(2)16-12-7-10(14)11(15)8-13(12)17/h7-8H,3-6H2,1-2H3. The predicted octanol–water partition coefficient (Wildman–Crippen LogP) is 4.84. The van der Waals surface area contributed by atoms with Crippen LogP contribution in [0, 0.1) is 6.92 Å². The number of rotatable bonds is 4. The Morgan fingerprint density at radius 1 is 1.18 bits per heavy atom. The van der Waals surface area contributed by atoms with Gasteiger partial charge in [0.25, 0.3) is 0 Å². The Morgan fingerprint density at radius 3 is 2.59 bits per heavy atom. The summed E-state index contributed by atoms with van der Waals surface area (Å²) in [5.74, 6) is 1.02. The number of imidazole rings is 1. The molecule has 0 spiro atoms. The Hall–Kier alpha value is -0.730. The van der Waals surface area contributed by atoms with Gasteiger partial charge in [0.1, 0.15) is 5.82 Å². The van der Waals surface area contributed by atoms with E-state index >= 15 is 0 Å². The third kappa shape index (κ3) is 2.58. The van der Waals surface area contributed by atoms with Crippen LogP contribution in [0.4, 0.5) is 0 Å². The van der Waals surface area contributed by atoms with Gasteiger partial charge in [-0.1, -0.05) is 43.0 Å². The van der Waals surface area contributed by atoms with E-state index in [0.29, 0.717) is 10.0 Å². The number of halogens is 2. The lowest BCUT2D eigenvalue weighted by Gasteiger charge is -2.06. The summed E-state index contributed by atoms with van der Waals surface area (Å²) in [6.07, 6.45) is 3.63. The van der Waals surface area contributed by atoms with E-state index < -0.39 is 0 Å². The molecule has 0 unspecified atom stereocenters. The average molecular weight is 271 g/mol. The zero-order chi connectivity index (χ0) is 12.4. The third-order valence-electron chi connectivity index (χ3n) is 2.97. The molecule has 2 aromatic rings. The van der Waals surface area contributed by atoms with Gasteiger partial charge in [-0.25, -0.2) is 4.98 Å². The van der Waals surface area contributed by atoms with Gasteiger partial charge in [0, 0.05) is 6.54 Å². The summed E-state index contributed by atoms with van der Waals surface area (Å²) >= 11 is 12.1. The van der Waals surface area contributed by atoms with Crippen LogP contribution >= 0.6 is 23.2 Å². The molecule has 1 aromatic heterocycles. The molecular weight excluding hydrogens is 255 g/mol. The molecule has 0 aliphatic heterocycles. The summed E-state index contributed by atoms with van der Waals surface area (Å²) < 4.78 is 2.22. The summed E-state index contributed by atoms with van der Waals surface area (Å²) in [6.45, 7) is 5.22. The molecular formula is C13H16Cl2N2. The van der Waals surface area contributed by atoms with Gasteiger partial charge in [-0.3, -0.25) is 0 Å². The highest BCUT2D eigenvalue weighted by Crippen LogP contribution is 2.28. The molecule has 0 atom stereocenters. The molecule has 2 rings (SSSR count). The molecule has 0 saturated carbocycles. The molecule has 1 heterocycles. The number of hydrogen-bond donors (Lipinski definition) is 0. The fraction of sp³-hybridized carbons (Fsp3) is 0.462. The van der Waals surface area contributed by atoms with E-state index in [4.69, 9.17) is 23.2 Å². The monoisotopic (exact) mass is 270 g/mol. The summed E-state index contributed by atoms with van der Waals surface area (Å²) in [5, 5.41) is 1.16. The van der Waals surface area contributed by atoms with Crippen molar-refractivity contribution in [3.05, 3.63) is 28.0 Å². The Kier molecular flexibility index (Phi) is 3.95. The third-order valence-corrected chi connectivity index (χ3v) is 3.69. The lowest BCUT2D eigenvalue weighted by molar-refractivity contribution is 0.602. The number of aryl methyl sites for hydroxylation is 2. The second kappa shape index (κ2) is 5.28. The molecule has 4 heteroatoms. The van der Waals surface area contributed by atoms with E-state index in [1.807, 2.05) is 19.1 Å². The molecule has 0 saturated heterocycles. The second-order valence-corrected chi connectivity index (χ2v) is 5.09. The van der Waals surface area contributed by atoms with Crippen LogP contribution in [-0.2, 0) is 6.54 Å². The van der Waals surface area contributed by atoms with Crippen LogP contribution in [0.5, 0.6) is 0 Å². The van der Waals surface area contributed by atoms with Gasteiger partial charge in [-0.05, 0) is 25.5 Å². The van der Waals surface area contributed by atoms with Crippen molar-refractivity contribution >= 4 is 34.2 Å². The Bertz CT molecular complexity index is 532. The van der Waals surface area contributed by atoms with Crippen molar-refractivity contribution in [1.29, 1.82) is 0 Å². The molecule has 0 radical (unpaired) electrons. The van der Waals surface area contributed by atoms with Gasteiger partial charge >= 0.3 is 0 Å². The van der Waals surface area contributed by atoms with Crippen molar-refractivity contribution in [2.45, 2.75) is 39.7 Å². The molecule has 92 valence electrons. The number of hydrogen-bond acceptors (Lipinski definition) is 1. The largest absolute Gasteiger partial charge is 0.328 e. The molecule has 0 amide bonds. The van der Waals surface area contributed by atoms with Crippen LogP contribution in [0.15, 0.2) is 12.1 Å². The second-order valence-electron chi connectivity index (χ2n) is 4.27. The van der Waals surface area contributed by atoms with Crippen LogP contribution in [-0.4, -0.2) is 9.55 Å². The zero-order valence-corrected chi connectivity index (χ0v) is 11.6. The van der Waals surface area contributed by atoms with Crippen LogP contribution in [0.25, 0.3) is 11.0 Å². The Balaban J connectivity index is 2.40. The fourth-order valence-corrected chi connectivity index (χ4v) is 2.36. The van der Waals surface area contributed by atoms with Crippen LogP contribution < -0.4 is 0 Å². The summed E-state index contributed by atoms with van der Waals surface area (Å²) in [7, 11) is 0. The Labute approximate surface area is 112 Å². The van der Waals surface area contributed by atoms with Crippen LogP contribution in [0.3, 0.4) is 0 Å². The minimum Gasteiger partial charge on any atom is -0.328 e. The van der Waals surface area contributed by atoms with Crippen molar-refractivity contribution in [2.24, 2.45) is 0 Å². The first-order valence-electron chi connectivity index (χ1n) is 5.95. The SMILES string of the molecule is CCCCCn1c(C)nc2cc(Cl)c(Cl)cc21. The topological polar surface area (TPSA) is 17.8 Å². The van der Waals surface area contributed by atoms with Crippen molar-refractivity contribution in [3.8, 4) is 0 Å². The highest BCUT2D eigenvalue weighted by molar-refractivity contribution is 6.42. The quantitative estimate of drug-likeness (QED) is 0.727. The van der Waals surface area contributed by atoms with E-state index in [9.17, 15) is 0 Å². The molecule has 2 nitrogen and oxygen atoms in total. The van der Waals surface area contributed by atoms with Crippen molar-refractivity contribution < 1.29 is 0 Å². The normalized spacial score (nSPS) is 11.3. The highest BCUT2D eigenvalue weighted by atomic mass is 35.5. The maximum atomic E-state index is 6.06. The highest BCUT2D eigenvalue weighted by Gasteiger charge is 2.09. The van der Waals surface area contributed by atoms with Gasteiger partial charge in [0.15, 0.2) is 0 Å². The number of aromatic nitrogens is 2. The van der Waals surface area contributed by atoms with Crippen LogP contribution in [0.1, 0.15) is 32.0 Å². The van der Waals surface area contributed by atoms with Crippen molar-refractivity contribution in [1.82, 2.24) is 9.55 Å². The fourth-order valence-electron chi connectivity index (χ4n) is 2.04. The molecule has 0 fully saturated rings. The molecule has 0 aliphatic rings. The van der Waals surface area contributed by atoms with Crippen LogP contribution in [0.2, 0.25) is 10.0 Å². The number of benzene rings is 1. The van der Waals surface area contributed by atoms with Gasteiger partial charge in [0.2, 0.25) is 0 Å². The van der Waals surface area contributed by atoms with E-state index in [0.717, 1.165) is 23.4 Å². The van der Waals surface area contributed by atoms with Gasteiger partial charge in [-0.15, -0.1) is 0 Å². The summed E-state index contributed by atoms with van der Waals surface area (Å²) in [5.41, 5.74) is 2.00. The molecule has 0 N–H and O–H groups in total. The van der Waals surface area contributed by atoms with E-state index in [1.165, 1.54) is 19.3 Å². The predicted molar refractivity (Wildman–Crippen MR) is 74.0 cm³/mol. The number of unbranched alkanes of at least 4 members (excludes halogenated alkanes) is 2. The Morgan fingerprint density at radius 2 is 1.88 bits per heavy atom. The minimum atomic E-state index is 0.567. The van der Waals surface area contributed by atoms with E-state index in [-0.39, 0.29) is 0 Å². The van der Waals surface area contributed by atoms with Crippen molar-refractivity contribution in [3.63, 3.8) is 0 Å². The average Bonchev–Trinajstić information content (AvgIpc) is 2.57. The molecule has 17 heavy (non-hydrogen) atoms. The van der Waals surface area contributed by atoms with Gasteiger partial charge in [-0.2, -0.15) is 0 Å². The number of nitrogens with zero attached hydrogens (tertiary/aromatic N) is 2. The summed E-state index contributed by atoms with van der Waals surface area (Å²) in [6, 6.07) is 3.74. The number of fused-ring (bicyclic) bond motifs is 1. The lowest BCUT2D eigenvalue weighted by atomic mass is 10.2. The van der Waals surface area contributed by atoms with Gasteiger partial charge < -0.3 is 4.57 Å². The first-order chi connectivity index (χ1) is 8.13. The molecule has 1 aromatic carbocycles. The maximum Gasteiger partial charge on any atom is 0.106 e.